The van der Waals surface area contributed by atoms with Crippen LogP contribution in [0.3, 0.4) is 0 Å². The number of hydrogen-bond acceptors (Lipinski definition) is 3. The second kappa shape index (κ2) is 6.07. The van der Waals surface area contributed by atoms with E-state index >= 15 is 0 Å². The van der Waals surface area contributed by atoms with E-state index in [1.807, 2.05) is 53.2 Å². The molecule has 5 heteroatoms. The Bertz CT molecular complexity index is 991. The molecular formula is C19H15ClN4. The number of nitrogens with two attached hydrogens (primary N) is 1. The maximum atomic E-state index is 6.03. The van der Waals surface area contributed by atoms with Crippen LogP contribution in [0.2, 0.25) is 5.02 Å². The van der Waals surface area contributed by atoms with E-state index in [-0.39, 0.29) is 0 Å². The van der Waals surface area contributed by atoms with Crippen LogP contribution < -0.4 is 5.73 Å². The molecule has 0 radical (unpaired) electrons. The third-order valence-electron chi connectivity index (χ3n) is 4.01. The lowest BCUT2D eigenvalue weighted by atomic mass is 10.0. The summed E-state index contributed by atoms with van der Waals surface area (Å²) in [7, 11) is 0. The molecular weight excluding hydrogens is 320 g/mol. The molecule has 0 unspecified atom stereocenters. The van der Waals surface area contributed by atoms with E-state index in [4.69, 9.17) is 22.4 Å². The van der Waals surface area contributed by atoms with Crippen molar-refractivity contribution in [1.29, 1.82) is 0 Å². The average molecular weight is 335 g/mol. The summed E-state index contributed by atoms with van der Waals surface area (Å²) in [6, 6.07) is 15.8. The molecule has 118 valence electrons. The molecule has 0 saturated heterocycles. The van der Waals surface area contributed by atoms with Gasteiger partial charge in [0.25, 0.3) is 0 Å². The van der Waals surface area contributed by atoms with Crippen LogP contribution in [0.1, 0.15) is 5.56 Å². The Morgan fingerprint density at radius 2 is 1.67 bits per heavy atom. The van der Waals surface area contributed by atoms with Crippen molar-refractivity contribution in [2.45, 2.75) is 6.54 Å². The van der Waals surface area contributed by atoms with Crippen LogP contribution in [-0.2, 0) is 6.54 Å². The van der Waals surface area contributed by atoms with Gasteiger partial charge in [-0.25, -0.2) is 4.52 Å². The predicted molar refractivity (Wildman–Crippen MR) is 96.8 cm³/mol. The molecule has 3 heterocycles. The van der Waals surface area contributed by atoms with Gasteiger partial charge in [-0.3, -0.25) is 4.98 Å². The second-order valence-corrected chi connectivity index (χ2v) is 5.97. The lowest BCUT2D eigenvalue weighted by molar-refractivity contribution is 0.931. The van der Waals surface area contributed by atoms with Gasteiger partial charge < -0.3 is 5.73 Å². The zero-order valence-corrected chi connectivity index (χ0v) is 13.6. The van der Waals surface area contributed by atoms with E-state index in [2.05, 4.69) is 11.1 Å². The van der Waals surface area contributed by atoms with Crippen LogP contribution in [0, 0.1) is 0 Å². The van der Waals surface area contributed by atoms with Gasteiger partial charge in [0.05, 0.1) is 5.52 Å². The molecule has 24 heavy (non-hydrogen) atoms. The topological polar surface area (TPSA) is 56.2 Å². The van der Waals surface area contributed by atoms with Gasteiger partial charge in [0.2, 0.25) is 0 Å². The third-order valence-corrected chi connectivity index (χ3v) is 4.27. The molecule has 0 aliphatic rings. The molecule has 0 bridgehead atoms. The van der Waals surface area contributed by atoms with Crippen LogP contribution in [0.15, 0.2) is 67.1 Å². The molecule has 0 amide bonds. The minimum atomic E-state index is 0.483. The molecule has 0 fully saturated rings. The van der Waals surface area contributed by atoms with E-state index in [9.17, 15) is 0 Å². The number of nitrogens with zero attached hydrogens (tertiary/aromatic N) is 3. The number of hydrogen-bond donors (Lipinski definition) is 1. The summed E-state index contributed by atoms with van der Waals surface area (Å²) in [6.07, 6.45) is 5.55. The van der Waals surface area contributed by atoms with Crippen LogP contribution in [-0.4, -0.2) is 14.6 Å². The second-order valence-electron chi connectivity index (χ2n) is 5.54. The van der Waals surface area contributed by atoms with Gasteiger partial charge in [-0.15, -0.1) is 0 Å². The van der Waals surface area contributed by atoms with Crippen molar-refractivity contribution < 1.29 is 0 Å². The summed E-state index contributed by atoms with van der Waals surface area (Å²) < 4.78 is 1.89. The number of pyridine rings is 2. The standard InChI is InChI=1S/C19H15ClN4/c20-16-4-2-15(3-5-16)19-18(14-7-9-22-10-8-14)17-6-1-13(11-21)12-24(17)23-19/h1-10,12H,11,21H2. The highest BCUT2D eigenvalue weighted by atomic mass is 35.5. The van der Waals surface area contributed by atoms with Crippen molar-refractivity contribution >= 4 is 17.1 Å². The largest absolute Gasteiger partial charge is 0.326 e. The smallest absolute Gasteiger partial charge is 0.101 e. The zero-order valence-electron chi connectivity index (χ0n) is 12.9. The summed E-state index contributed by atoms with van der Waals surface area (Å²) in [6.45, 7) is 0.483. The molecule has 4 rings (SSSR count). The number of fused-ring (bicyclic) bond motifs is 1. The Balaban J connectivity index is 2.02. The first-order valence-corrected chi connectivity index (χ1v) is 8.02. The first kappa shape index (κ1) is 14.9. The van der Waals surface area contributed by atoms with E-state index in [1.54, 1.807) is 12.4 Å². The summed E-state index contributed by atoms with van der Waals surface area (Å²) in [5, 5.41) is 5.50. The van der Waals surface area contributed by atoms with Crippen LogP contribution in [0.25, 0.3) is 27.9 Å². The quantitative estimate of drug-likeness (QED) is 0.611. The fourth-order valence-electron chi connectivity index (χ4n) is 2.83. The zero-order chi connectivity index (χ0) is 16.5. The SMILES string of the molecule is NCc1ccc2c(-c3ccncc3)c(-c3ccc(Cl)cc3)nn2c1. The first-order chi connectivity index (χ1) is 11.8. The maximum absolute atomic E-state index is 6.03. The monoisotopic (exact) mass is 334 g/mol. The molecule has 0 aliphatic carbocycles. The van der Waals surface area contributed by atoms with Crippen molar-refractivity contribution in [3.05, 3.63) is 77.7 Å². The van der Waals surface area contributed by atoms with E-state index in [1.165, 1.54) is 0 Å². The summed E-state index contributed by atoms with van der Waals surface area (Å²) >= 11 is 6.03. The fourth-order valence-corrected chi connectivity index (χ4v) is 2.95. The molecule has 1 aromatic carbocycles. The summed E-state index contributed by atoms with van der Waals surface area (Å²) in [4.78, 5) is 4.12. The predicted octanol–water partition coefficient (Wildman–Crippen LogP) is 4.18. The highest BCUT2D eigenvalue weighted by Gasteiger charge is 2.16. The minimum Gasteiger partial charge on any atom is -0.326 e. The van der Waals surface area contributed by atoms with Crippen molar-refractivity contribution in [2.75, 3.05) is 0 Å². The number of benzene rings is 1. The van der Waals surface area contributed by atoms with Gasteiger partial charge in [0, 0.05) is 41.3 Å². The van der Waals surface area contributed by atoms with Gasteiger partial charge in [0.15, 0.2) is 0 Å². The lowest BCUT2D eigenvalue weighted by Crippen LogP contribution is -1.98. The number of halogens is 1. The molecule has 0 atom stereocenters. The van der Waals surface area contributed by atoms with Gasteiger partial charge >= 0.3 is 0 Å². The van der Waals surface area contributed by atoms with E-state index < -0.39 is 0 Å². The first-order valence-electron chi connectivity index (χ1n) is 7.64. The van der Waals surface area contributed by atoms with Crippen LogP contribution >= 0.6 is 11.6 Å². The number of rotatable bonds is 3. The molecule has 0 aliphatic heterocycles. The van der Waals surface area contributed by atoms with Crippen molar-refractivity contribution in [3.63, 3.8) is 0 Å². The number of aromatic nitrogens is 3. The Morgan fingerprint density at radius 1 is 0.917 bits per heavy atom. The van der Waals surface area contributed by atoms with Gasteiger partial charge in [-0.1, -0.05) is 29.8 Å². The van der Waals surface area contributed by atoms with E-state index in [0.717, 1.165) is 33.5 Å². The van der Waals surface area contributed by atoms with Crippen molar-refractivity contribution in [1.82, 2.24) is 14.6 Å². The van der Waals surface area contributed by atoms with Crippen LogP contribution in [0.5, 0.6) is 0 Å². The van der Waals surface area contributed by atoms with Crippen LogP contribution in [0.4, 0.5) is 0 Å². The Morgan fingerprint density at radius 3 is 2.38 bits per heavy atom. The molecule has 4 nitrogen and oxygen atoms in total. The Kier molecular flexibility index (Phi) is 3.76. The molecule has 3 aromatic heterocycles. The van der Waals surface area contributed by atoms with Gasteiger partial charge in [0.1, 0.15) is 5.69 Å². The highest BCUT2D eigenvalue weighted by molar-refractivity contribution is 6.30. The van der Waals surface area contributed by atoms with Gasteiger partial charge in [-0.05, 0) is 41.5 Å². The average Bonchev–Trinajstić information content (AvgIpc) is 3.01. The molecule has 0 saturated carbocycles. The minimum absolute atomic E-state index is 0.483. The molecule has 0 spiro atoms. The Labute approximate surface area is 144 Å². The van der Waals surface area contributed by atoms with Gasteiger partial charge in [-0.2, -0.15) is 5.10 Å². The highest BCUT2D eigenvalue weighted by Crippen LogP contribution is 2.35. The molecule has 2 N–H and O–H groups in total. The van der Waals surface area contributed by atoms with Crippen molar-refractivity contribution in [3.8, 4) is 22.4 Å². The third kappa shape index (κ3) is 2.56. The van der Waals surface area contributed by atoms with Crippen molar-refractivity contribution in [2.24, 2.45) is 5.73 Å². The fraction of sp³-hybridized carbons (Fsp3) is 0.0526. The summed E-state index contributed by atoms with van der Waals surface area (Å²) in [5.41, 5.74) is 11.9. The van der Waals surface area contributed by atoms with E-state index in [0.29, 0.717) is 11.6 Å². The summed E-state index contributed by atoms with van der Waals surface area (Å²) in [5.74, 6) is 0. The Hall–Kier alpha value is -2.69. The molecule has 4 aromatic rings. The normalized spacial score (nSPS) is 11.1. The maximum Gasteiger partial charge on any atom is 0.101 e. The lowest BCUT2D eigenvalue weighted by Gasteiger charge is -2.04.